The predicted molar refractivity (Wildman–Crippen MR) is 112 cm³/mol. The molecule has 3 heterocycles. The Balaban J connectivity index is 1.60. The first-order valence-corrected chi connectivity index (χ1v) is 9.97. The van der Waals surface area contributed by atoms with Crippen LogP contribution in [-0.4, -0.2) is 30.3 Å². The van der Waals surface area contributed by atoms with E-state index in [2.05, 4.69) is 20.5 Å². The van der Waals surface area contributed by atoms with Crippen molar-refractivity contribution in [3.05, 3.63) is 77.3 Å². The maximum Gasteiger partial charge on any atom is 0.433 e. The van der Waals surface area contributed by atoms with Gasteiger partial charge in [-0.1, -0.05) is 39.0 Å². The summed E-state index contributed by atoms with van der Waals surface area (Å²) in [6.07, 6.45) is -1.85. The first-order chi connectivity index (χ1) is 15.4. The van der Waals surface area contributed by atoms with Crippen molar-refractivity contribution >= 4 is 17.2 Å². The van der Waals surface area contributed by atoms with Crippen molar-refractivity contribution in [3.8, 4) is 0 Å². The van der Waals surface area contributed by atoms with Crippen LogP contribution >= 0.6 is 0 Å². The van der Waals surface area contributed by atoms with Gasteiger partial charge in [-0.3, -0.25) is 9.48 Å². The molecule has 0 fully saturated rings. The van der Waals surface area contributed by atoms with Crippen molar-refractivity contribution < 1.29 is 22.4 Å². The zero-order valence-corrected chi connectivity index (χ0v) is 18.0. The number of rotatable bonds is 4. The number of amides is 1. The number of nitrogens with one attached hydrogen (secondary N) is 1. The number of hydrogen-bond acceptors (Lipinski definition) is 4. The van der Waals surface area contributed by atoms with E-state index in [0.717, 1.165) is 6.07 Å². The summed E-state index contributed by atoms with van der Waals surface area (Å²) in [6.45, 7) is 5.38. The van der Waals surface area contributed by atoms with Gasteiger partial charge in [0.1, 0.15) is 11.5 Å². The second-order valence-electron chi connectivity index (χ2n) is 8.55. The monoisotopic (exact) mass is 460 g/mol. The number of anilines is 1. The quantitative estimate of drug-likeness (QED) is 0.449. The lowest BCUT2D eigenvalue weighted by atomic mass is 9.91. The molecule has 4 rings (SSSR count). The summed E-state index contributed by atoms with van der Waals surface area (Å²) in [5.41, 5.74) is -1.05. The number of aromatic nitrogens is 5. The Hall–Kier alpha value is -3.76. The smallest absolute Gasteiger partial charge is 0.318 e. The van der Waals surface area contributed by atoms with Gasteiger partial charge in [0, 0.05) is 23.2 Å². The summed E-state index contributed by atoms with van der Waals surface area (Å²) in [7, 11) is 0. The van der Waals surface area contributed by atoms with E-state index >= 15 is 0 Å². The fraction of sp³-hybridized carbons (Fsp3) is 0.273. The second kappa shape index (κ2) is 7.98. The van der Waals surface area contributed by atoms with Gasteiger partial charge in [-0.05, 0) is 12.1 Å². The second-order valence-corrected chi connectivity index (χ2v) is 8.55. The standard InChI is InChI=1S/C22H20F4N6O/c1-21(2,3)17-9-18(22(24,25)26)32-19(29-17)8-16(30-32)20(33)28-14-10-27-31(12-14)11-13-6-4-5-7-15(13)23/h4-10,12H,11H2,1-3H3,(H,28,33). The molecule has 4 aromatic rings. The molecule has 0 aliphatic heterocycles. The minimum Gasteiger partial charge on any atom is -0.318 e. The number of carbonyl (C=O) groups excluding carboxylic acids is 1. The summed E-state index contributed by atoms with van der Waals surface area (Å²) in [5, 5.41) is 10.4. The minimum absolute atomic E-state index is 0.0878. The molecule has 0 saturated carbocycles. The molecule has 0 spiro atoms. The molecule has 0 aliphatic rings. The van der Waals surface area contributed by atoms with Crippen LogP contribution in [-0.2, 0) is 18.1 Å². The molecule has 0 unspecified atom stereocenters. The molecule has 7 nitrogen and oxygen atoms in total. The van der Waals surface area contributed by atoms with Gasteiger partial charge in [-0.2, -0.15) is 23.4 Å². The topological polar surface area (TPSA) is 77.1 Å². The Morgan fingerprint density at radius 1 is 1.12 bits per heavy atom. The Bertz CT molecular complexity index is 1330. The average molecular weight is 460 g/mol. The summed E-state index contributed by atoms with van der Waals surface area (Å²) in [5.74, 6) is -1.11. The fourth-order valence-electron chi connectivity index (χ4n) is 3.18. The molecular formula is C22H20F4N6O. The van der Waals surface area contributed by atoms with Gasteiger partial charge in [0.15, 0.2) is 11.3 Å². The van der Waals surface area contributed by atoms with E-state index in [9.17, 15) is 22.4 Å². The van der Waals surface area contributed by atoms with E-state index in [1.807, 2.05) is 0 Å². The zero-order valence-electron chi connectivity index (χ0n) is 18.0. The summed E-state index contributed by atoms with van der Waals surface area (Å²) >= 11 is 0. The molecule has 1 N–H and O–H groups in total. The third kappa shape index (κ3) is 4.71. The zero-order chi connectivity index (χ0) is 24.0. The summed E-state index contributed by atoms with van der Waals surface area (Å²) in [6, 6.07) is 8.36. The van der Waals surface area contributed by atoms with Crippen LogP contribution in [0.4, 0.5) is 23.2 Å². The van der Waals surface area contributed by atoms with E-state index in [1.54, 1.807) is 39.0 Å². The number of fused-ring (bicyclic) bond motifs is 1. The van der Waals surface area contributed by atoms with E-state index in [-0.39, 0.29) is 35.1 Å². The summed E-state index contributed by atoms with van der Waals surface area (Å²) < 4.78 is 56.7. The van der Waals surface area contributed by atoms with Crippen LogP contribution in [0.5, 0.6) is 0 Å². The molecule has 0 saturated heterocycles. The molecule has 172 valence electrons. The van der Waals surface area contributed by atoms with Crippen molar-refractivity contribution in [2.45, 2.75) is 38.9 Å². The lowest BCUT2D eigenvalue weighted by molar-refractivity contribution is -0.142. The van der Waals surface area contributed by atoms with Crippen molar-refractivity contribution in [3.63, 3.8) is 0 Å². The molecule has 1 aromatic carbocycles. The van der Waals surface area contributed by atoms with Gasteiger partial charge < -0.3 is 5.32 Å². The number of nitrogens with zero attached hydrogens (tertiary/aromatic N) is 5. The van der Waals surface area contributed by atoms with Crippen LogP contribution in [0, 0.1) is 5.82 Å². The highest BCUT2D eigenvalue weighted by molar-refractivity contribution is 6.03. The number of benzene rings is 1. The molecule has 33 heavy (non-hydrogen) atoms. The van der Waals surface area contributed by atoms with Crippen LogP contribution in [0.25, 0.3) is 5.65 Å². The highest BCUT2D eigenvalue weighted by atomic mass is 19.4. The van der Waals surface area contributed by atoms with E-state index in [0.29, 0.717) is 10.1 Å². The first kappa shape index (κ1) is 22.4. The van der Waals surface area contributed by atoms with Gasteiger partial charge in [0.25, 0.3) is 5.91 Å². The number of hydrogen-bond donors (Lipinski definition) is 1. The maximum absolute atomic E-state index is 13.8. The molecule has 11 heteroatoms. The maximum atomic E-state index is 13.8. The van der Waals surface area contributed by atoms with Crippen LogP contribution in [0.15, 0.2) is 48.8 Å². The van der Waals surface area contributed by atoms with Gasteiger partial charge in [0.2, 0.25) is 0 Å². The van der Waals surface area contributed by atoms with Gasteiger partial charge >= 0.3 is 6.18 Å². The number of halogens is 4. The van der Waals surface area contributed by atoms with E-state index in [1.165, 1.54) is 29.2 Å². The van der Waals surface area contributed by atoms with Crippen molar-refractivity contribution in [2.75, 3.05) is 5.32 Å². The van der Waals surface area contributed by atoms with Gasteiger partial charge in [-0.25, -0.2) is 13.9 Å². The highest BCUT2D eigenvalue weighted by Gasteiger charge is 2.36. The largest absolute Gasteiger partial charge is 0.433 e. The molecular weight excluding hydrogens is 440 g/mol. The molecule has 0 radical (unpaired) electrons. The number of carbonyl (C=O) groups is 1. The minimum atomic E-state index is -4.69. The van der Waals surface area contributed by atoms with E-state index < -0.39 is 23.2 Å². The lowest BCUT2D eigenvalue weighted by Crippen LogP contribution is -2.20. The van der Waals surface area contributed by atoms with E-state index in [4.69, 9.17) is 0 Å². The van der Waals surface area contributed by atoms with Crippen LogP contribution in [0.1, 0.15) is 48.2 Å². The molecule has 0 bridgehead atoms. The highest BCUT2D eigenvalue weighted by Crippen LogP contribution is 2.32. The van der Waals surface area contributed by atoms with Crippen LogP contribution in [0.2, 0.25) is 0 Å². The SMILES string of the molecule is CC(C)(C)c1cc(C(F)(F)F)n2nc(C(=O)Nc3cnn(Cc4ccccc4F)c3)cc2n1. The summed E-state index contributed by atoms with van der Waals surface area (Å²) in [4.78, 5) is 16.9. The number of alkyl halides is 3. The Kier molecular flexibility index (Phi) is 5.43. The predicted octanol–water partition coefficient (Wildman–Crippen LogP) is 4.68. The lowest BCUT2D eigenvalue weighted by Gasteiger charge is -2.19. The third-order valence-electron chi connectivity index (χ3n) is 4.90. The molecule has 3 aromatic heterocycles. The van der Waals surface area contributed by atoms with Gasteiger partial charge in [-0.15, -0.1) is 0 Å². The Morgan fingerprint density at radius 2 is 1.85 bits per heavy atom. The van der Waals surface area contributed by atoms with Crippen molar-refractivity contribution in [2.24, 2.45) is 0 Å². The van der Waals surface area contributed by atoms with Crippen molar-refractivity contribution in [1.29, 1.82) is 0 Å². The van der Waals surface area contributed by atoms with Crippen LogP contribution in [0.3, 0.4) is 0 Å². The molecule has 0 aliphatic carbocycles. The normalized spacial score (nSPS) is 12.3. The third-order valence-corrected chi connectivity index (χ3v) is 4.90. The van der Waals surface area contributed by atoms with Crippen molar-refractivity contribution in [1.82, 2.24) is 24.4 Å². The fourth-order valence-corrected chi connectivity index (χ4v) is 3.18. The van der Waals surface area contributed by atoms with Gasteiger partial charge in [0.05, 0.1) is 24.1 Å². The Morgan fingerprint density at radius 3 is 2.52 bits per heavy atom. The first-order valence-electron chi connectivity index (χ1n) is 9.97. The van der Waals surface area contributed by atoms with Crippen LogP contribution < -0.4 is 5.32 Å². The Labute approximate surface area is 186 Å². The molecule has 1 amide bonds. The molecule has 0 atom stereocenters. The average Bonchev–Trinajstić information content (AvgIpc) is 3.34.